The van der Waals surface area contributed by atoms with Crippen LogP contribution in [0.5, 0.6) is 5.75 Å². The SMILES string of the molecule is CCNC(=NCC1Cc2ccccc2O1)NCCCCn1ccccc1=O. The molecular weight excluding hydrogens is 340 g/mol. The number of aromatic nitrogens is 1. The van der Waals surface area contributed by atoms with Crippen LogP contribution in [0.3, 0.4) is 0 Å². The average molecular weight is 368 g/mol. The fourth-order valence-electron chi connectivity index (χ4n) is 3.15. The van der Waals surface area contributed by atoms with Gasteiger partial charge in [-0.1, -0.05) is 24.3 Å². The van der Waals surface area contributed by atoms with Crippen LogP contribution < -0.4 is 20.9 Å². The third-order valence-electron chi connectivity index (χ3n) is 4.53. The molecule has 1 aromatic carbocycles. The smallest absolute Gasteiger partial charge is 0.250 e. The second-order valence-corrected chi connectivity index (χ2v) is 6.64. The van der Waals surface area contributed by atoms with Crippen molar-refractivity contribution in [2.45, 2.75) is 38.8 Å². The first-order valence-corrected chi connectivity index (χ1v) is 9.68. The number of benzene rings is 1. The molecule has 0 spiro atoms. The molecule has 1 unspecified atom stereocenters. The van der Waals surface area contributed by atoms with Gasteiger partial charge in [0.25, 0.3) is 0 Å². The molecule has 0 saturated carbocycles. The number of guanidine groups is 1. The number of aliphatic imine (C=N–C) groups is 1. The summed E-state index contributed by atoms with van der Waals surface area (Å²) in [6, 6.07) is 13.4. The minimum Gasteiger partial charge on any atom is -0.488 e. The molecule has 2 heterocycles. The van der Waals surface area contributed by atoms with Crippen LogP contribution in [0.15, 0.2) is 58.4 Å². The number of ether oxygens (including phenoxy) is 1. The Kier molecular flexibility index (Phi) is 6.90. The zero-order valence-electron chi connectivity index (χ0n) is 15.9. The van der Waals surface area contributed by atoms with Gasteiger partial charge in [0.2, 0.25) is 5.56 Å². The van der Waals surface area contributed by atoms with E-state index in [1.807, 2.05) is 30.5 Å². The normalized spacial score (nSPS) is 15.9. The molecule has 1 aromatic heterocycles. The summed E-state index contributed by atoms with van der Waals surface area (Å²) in [7, 11) is 0. The first-order valence-electron chi connectivity index (χ1n) is 9.68. The summed E-state index contributed by atoms with van der Waals surface area (Å²) in [4.78, 5) is 16.3. The molecular formula is C21H28N4O2. The number of rotatable bonds is 8. The van der Waals surface area contributed by atoms with Gasteiger partial charge >= 0.3 is 0 Å². The van der Waals surface area contributed by atoms with Crippen LogP contribution in [0.25, 0.3) is 0 Å². The summed E-state index contributed by atoms with van der Waals surface area (Å²) in [6.07, 6.45) is 4.75. The van der Waals surface area contributed by atoms with Gasteiger partial charge in [-0.15, -0.1) is 0 Å². The number of hydrogen-bond acceptors (Lipinski definition) is 3. The Morgan fingerprint density at radius 3 is 2.85 bits per heavy atom. The fraction of sp³-hybridized carbons (Fsp3) is 0.429. The molecule has 27 heavy (non-hydrogen) atoms. The highest BCUT2D eigenvalue weighted by Crippen LogP contribution is 2.28. The Morgan fingerprint density at radius 1 is 1.19 bits per heavy atom. The highest BCUT2D eigenvalue weighted by Gasteiger charge is 2.21. The Morgan fingerprint density at radius 2 is 2.04 bits per heavy atom. The molecule has 1 aliphatic rings. The first-order chi connectivity index (χ1) is 13.3. The minimum atomic E-state index is 0.0536. The van der Waals surface area contributed by atoms with E-state index < -0.39 is 0 Å². The Bertz CT molecular complexity index is 791. The third-order valence-corrected chi connectivity index (χ3v) is 4.53. The molecule has 2 N–H and O–H groups in total. The van der Waals surface area contributed by atoms with E-state index in [4.69, 9.17) is 4.74 Å². The summed E-state index contributed by atoms with van der Waals surface area (Å²) in [5.74, 6) is 1.79. The fourth-order valence-corrected chi connectivity index (χ4v) is 3.15. The van der Waals surface area contributed by atoms with Gasteiger partial charge in [-0.2, -0.15) is 0 Å². The lowest BCUT2D eigenvalue weighted by Crippen LogP contribution is -2.38. The second kappa shape index (κ2) is 9.80. The number of para-hydroxylation sites is 1. The van der Waals surface area contributed by atoms with E-state index in [1.165, 1.54) is 5.56 Å². The maximum atomic E-state index is 11.7. The largest absolute Gasteiger partial charge is 0.488 e. The second-order valence-electron chi connectivity index (χ2n) is 6.64. The van der Waals surface area contributed by atoms with Gasteiger partial charge < -0.3 is 19.9 Å². The average Bonchev–Trinajstić information content (AvgIpc) is 3.10. The van der Waals surface area contributed by atoms with Gasteiger partial charge in [-0.3, -0.25) is 4.79 Å². The molecule has 6 nitrogen and oxygen atoms in total. The van der Waals surface area contributed by atoms with Crippen LogP contribution in [-0.4, -0.2) is 36.3 Å². The van der Waals surface area contributed by atoms with Crippen molar-refractivity contribution in [2.75, 3.05) is 19.6 Å². The van der Waals surface area contributed by atoms with Crippen molar-refractivity contribution in [3.05, 3.63) is 64.6 Å². The van der Waals surface area contributed by atoms with E-state index in [2.05, 4.69) is 28.6 Å². The van der Waals surface area contributed by atoms with Crippen LogP contribution in [0, 0.1) is 0 Å². The number of nitrogens with one attached hydrogen (secondary N) is 2. The molecule has 1 atom stereocenters. The van der Waals surface area contributed by atoms with Crippen LogP contribution in [0.2, 0.25) is 0 Å². The molecule has 0 bridgehead atoms. The van der Waals surface area contributed by atoms with E-state index in [0.717, 1.165) is 50.6 Å². The number of pyridine rings is 1. The summed E-state index contributed by atoms with van der Waals surface area (Å²) in [5, 5.41) is 6.64. The van der Waals surface area contributed by atoms with Crippen molar-refractivity contribution < 1.29 is 4.74 Å². The van der Waals surface area contributed by atoms with Crippen molar-refractivity contribution in [3.8, 4) is 5.75 Å². The van der Waals surface area contributed by atoms with Gasteiger partial charge in [0.15, 0.2) is 5.96 Å². The molecule has 144 valence electrons. The van der Waals surface area contributed by atoms with Crippen molar-refractivity contribution in [3.63, 3.8) is 0 Å². The van der Waals surface area contributed by atoms with E-state index in [0.29, 0.717) is 6.54 Å². The first kappa shape index (κ1) is 19.0. The zero-order valence-corrected chi connectivity index (χ0v) is 15.9. The van der Waals surface area contributed by atoms with Crippen molar-refractivity contribution in [1.82, 2.24) is 15.2 Å². The minimum absolute atomic E-state index is 0.0536. The van der Waals surface area contributed by atoms with Crippen LogP contribution in [0.4, 0.5) is 0 Å². The van der Waals surface area contributed by atoms with Crippen LogP contribution >= 0.6 is 0 Å². The molecule has 1 aliphatic heterocycles. The highest BCUT2D eigenvalue weighted by molar-refractivity contribution is 5.79. The monoisotopic (exact) mass is 368 g/mol. The number of fused-ring (bicyclic) bond motifs is 1. The van der Waals surface area contributed by atoms with Gasteiger partial charge in [0.05, 0.1) is 6.54 Å². The number of unbranched alkanes of at least 4 members (excludes halogenated alkanes) is 1. The lowest BCUT2D eigenvalue weighted by atomic mass is 10.1. The Labute approximate surface area is 160 Å². The summed E-state index contributed by atoms with van der Waals surface area (Å²) < 4.78 is 7.69. The molecule has 0 saturated heterocycles. The van der Waals surface area contributed by atoms with E-state index in [1.54, 1.807) is 16.7 Å². The number of hydrogen-bond donors (Lipinski definition) is 2. The molecule has 0 aliphatic carbocycles. The Hall–Kier alpha value is -2.76. The van der Waals surface area contributed by atoms with E-state index >= 15 is 0 Å². The van der Waals surface area contributed by atoms with Crippen molar-refractivity contribution in [2.24, 2.45) is 4.99 Å². The third kappa shape index (κ3) is 5.61. The molecule has 0 amide bonds. The van der Waals surface area contributed by atoms with Crippen molar-refractivity contribution >= 4 is 5.96 Å². The highest BCUT2D eigenvalue weighted by atomic mass is 16.5. The maximum absolute atomic E-state index is 11.7. The lowest BCUT2D eigenvalue weighted by Gasteiger charge is -2.13. The lowest BCUT2D eigenvalue weighted by molar-refractivity contribution is 0.241. The summed E-state index contributed by atoms with van der Waals surface area (Å²) >= 11 is 0. The van der Waals surface area contributed by atoms with E-state index in [9.17, 15) is 4.79 Å². The topological polar surface area (TPSA) is 67.7 Å². The standard InChI is InChI=1S/C21H28N4O2/c1-2-22-21(23-12-6-8-14-25-13-7-5-11-20(25)26)24-16-18-15-17-9-3-4-10-19(17)27-18/h3-5,7,9-11,13,18H,2,6,8,12,14-16H2,1H3,(H2,22,23,24). The van der Waals surface area contributed by atoms with Crippen LogP contribution in [-0.2, 0) is 13.0 Å². The number of aryl methyl sites for hydroxylation is 1. The van der Waals surface area contributed by atoms with Crippen molar-refractivity contribution in [1.29, 1.82) is 0 Å². The predicted octanol–water partition coefficient (Wildman–Crippen LogP) is 2.19. The maximum Gasteiger partial charge on any atom is 0.250 e. The summed E-state index contributed by atoms with van der Waals surface area (Å²) in [5.41, 5.74) is 1.31. The van der Waals surface area contributed by atoms with E-state index in [-0.39, 0.29) is 11.7 Å². The quantitative estimate of drug-likeness (QED) is 0.426. The predicted molar refractivity (Wildman–Crippen MR) is 108 cm³/mol. The summed E-state index contributed by atoms with van der Waals surface area (Å²) in [6.45, 7) is 5.06. The van der Waals surface area contributed by atoms with Gasteiger partial charge in [0, 0.05) is 38.3 Å². The molecule has 3 rings (SSSR count). The molecule has 0 fully saturated rings. The molecule has 2 aromatic rings. The van der Waals surface area contributed by atoms with Crippen LogP contribution in [0.1, 0.15) is 25.3 Å². The molecule has 0 radical (unpaired) electrons. The van der Waals surface area contributed by atoms with Gasteiger partial charge in [0.1, 0.15) is 11.9 Å². The van der Waals surface area contributed by atoms with Gasteiger partial charge in [-0.05, 0) is 37.5 Å². The Balaban J connectivity index is 1.40. The number of nitrogens with zero attached hydrogens (tertiary/aromatic N) is 2. The molecule has 6 heteroatoms. The van der Waals surface area contributed by atoms with Gasteiger partial charge in [-0.25, -0.2) is 4.99 Å². The zero-order chi connectivity index (χ0) is 18.9.